The molecule has 3 nitrogen and oxygen atoms in total. The van der Waals surface area contributed by atoms with E-state index in [4.69, 9.17) is 9.47 Å². The van der Waals surface area contributed by atoms with Crippen LogP contribution in [-0.2, 0) is 47.0 Å². The standard InChI is InChI=1S/C12H13O3.Y/c1-12(2)14-10(8-13)11(15-12)9-6-4-3-5-7-9;/h3-7,10-11H,1-2H3;/q-1;. The van der Waals surface area contributed by atoms with E-state index in [1.165, 1.54) is 0 Å². The van der Waals surface area contributed by atoms with Gasteiger partial charge in [0.25, 0.3) is 0 Å². The Kier molecular flexibility index (Phi) is 4.80. The van der Waals surface area contributed by atoms with Crippen molar-refractivity contribution in [3.63, 3.8) is 0 Å². The van der Waals surface area contributed by atoms with Crippen molar-refractivity contribution >= 4 is 6.29 Å². The first kappa shape index (κ1) is 14.0. The molecule has 1 aromatic carbocycles. The second kappa shape index (κ2) is 5.50. The molecular formula is C12H13O3Y-. The zero-order chi connectivity index (χ0) is 10.9. The van der Waals surface area contributed by atoms with E-state index in [1.54, 1.807) is 13.8 Å². The Balaban J connectivity index is 0.00000128. The molecule has 1 aliphatic heterocycles. The van der Waals surface area contributed by atoms with Gasteiger partial charge >= 0.3 is 0 Å². The van der Waals surface area contributed by atoms with Crippen molar-refractivity contribution in [1.29, 1.82) is 0 Å². The average molecular weight is 294 g/mol. The van der Waals surface area contributed by atoms with Crippen molar-refractivity contribution in [2.75, 3.05) is 0 Å². The van der Waals surface area contributed by atoms with E-state index in [-0.39, 0.29) is 38.8 Å². The first-order valence-electron chi connectivity index (χ1n) is 4.91. The van der Waals surface area contributed by atoms with E-state index in [0.717, 1.165) is 5.56 Å². The summed E-state index contributed by atoms with van der Waals surface area (Å²) in [6.45, 7) is 3.58. The molecule has 2 atom stereocenters. The number of ether oxygens (including phenoxy) is 2. The first-order chi connectivity index (χ1) is 7.12. The monoisotopic (exact) mass is 294 g/mol. The molecule has 2 unspecified atom stereocenters. The molecule has 1 aromatic rings. The van der Waals surface area contributed by atoms with Crippen LogP contribution in [0.4, 0.5) is 0 Å². The summed E-state index contributed by atoms with van der Waals surface area (Å²) in [6, 6.07) is 9.57. The van der Waals surface area contributed by atoms with Crippen molar-refractivity contribution in [1.82, 2.24) is 0 Å². The second-order valence-electron chi connectivity index (χ2n) is 4.01. The van der Waals surface area contributed by atoms with Crippen LogP contribution in [0.2, 0.25) is 0 Å². The topological polar surface area (TPSA) is 35.5 Å². The third-order valence-corrected chi connectivity index (χ3v) is 2.34. The Hall–Kier alpha value is -0.0861. The van der Waals surface area contributed by atoms with Gasteiger partial charge in [0, 0.05) is 32.7 Å². The van der Waals surface area contributed by atoms with Crippen LogP contribution >= 0.6 is 0 Å². The third-order valence-electron chi connectivity index (χ3n) is 2.34. The van der Waals surface area contributed by atoms with Crippen LogP contribution in [0.1, 0.15) is 25.5 Å². The van der Waals surface area contributed by atoms with Crippen LogP contribution in [0.5, 0.6) is 0 Å². The van der Waals surface area contributed by atoms with Crippen LogP contribution in [0, 0.1) is 0 Å². The fourth-order valence-corrected chi connectivity index (χ4v) is 1.73. The molecule has 0 bridgehead atoms. The molecule has 1 fully saturated rings. The van der Waals surface area contributed by atoms with Crippen molar-refractivity contribution in [3.8, 4) is 0 Å². The number of carbonyl (C=O) groups excluding carboxylic acids is 1. The predicted octanol–water partition coefficient (Wildman–Crippen LogP) is 1.99. The van der Waals surface area contributed by atoms with Gasteiger partial charge in [-0.1, -0.05) is 30.3 Å². The molecular weight excluding hydrogens is 281 g/mol. The summed E-state index contributed by atoms with van der Waals surface area (Å²) in [6.07, 6.45) is 0.886. The van der Waals surface area contributed by atoms with E-state index in [0.29, 0.717) is 0 Å². The Morgan fingerprint density at radius 2 is 1.81 bits per heavy atom. The molecule has 83 valence electrons. The van der Waals surface area contributed by atoms with E-state index in [1.807, 2.05) is 36.6 Å². The third kappa shape index (κ3) is 2.98. The van der Waals surface area contributed by atoms with Crippen LogP contribution in [0.3, 0.4) is 0 Å². The molecule has 1 heterocycles. The minimum atomic E-state index is -0.720. The molecule has 0 aliphatic carbocycles. The molecule has 0 spiro atoms. The summed E-state index contributed by atoms with van der Waals surface area (Å²) in [5, 5.41) is 0. The minimum absolute atomic E-state index is 0. The molecule has 1 radical (unpaired) electrons. The molecule has 0 saturated carbocycles. The molecule has 1 saturated heterocycles. The van der Waals surface area contributed by atoms with Gasteiger partial charge in [0.2, 0.25) is 0 Å². The molecule has 16 heavy (non-hydrogen) atoms. The summed E-state index contributed by atoms with van der Waals surface area (Å²) in [7, 11) is 0. The zero-order valence-corrected chi connectivity index (χ0v) is 12.2. The van der Waals surface area contributed by atoms with Gasteiger partial charge in [-0.3, -0.25) is 0 Å². The van der Waals surface area contributed by atoms with Gasteiger partial charge in [0.05, 0.1) is 6.10 Å². The predicted molar refractivity (Wildman–Crippen MR) is 54.9 cm³/mol. The Labute approximate surface area is 120 Å². The van der Waals surface area contributed by atoms with Gasteiger partial charge in [-0.25, -0.2) is 6.29 Å². The van der Waals surface area contributed by atoms with E-state index in [2.05, 4.69) is 0 Å². The van der Waals surface area contributed by atoms with E-state index in [9.17, 15) is 4.79 Å². The molecule has 4 heteroatoms. The normalized spacial score (nSPS) is 27.1. The van der Waals surface area contributed by atoms with Crippen molar-refractivity contribution in [3.05, 3.63) is 35.9 Å². The summed E-state index contributed by atoms with van der Waals surface area (Å²) >= 11 is 0. The first-order valence-corrected chi connectivity index (χ1v) is 4.91. The number of benzene rings is 1. The van der Waals surface area contributed by atoms with Gasteiger partial charge < -0.3 is 14.3 Å². The Bertz CT molecular complexity index is 351. The average Bonchev–Trinajstić information content (AvgIpc) is 2.55. The molecule has 2 rings (SSSR count). The van der Waals surface area contributed by atoms with Crippen molar-refractivity contribution < 1.29 is 47.0 Å². The Morgan fingerprint density at radius 3 is 2.38 bits per heavy atom. The Morgan fingerprint density at radius 1 is 1.19 bits per heavy atom. The smallest absolute Gasteiger partial charge is 0.161 e. The largest absolute Gasteiger partial charge is 0.539 e. The fourth-order valence-electron chi connectivity index (χ4n) is 1.73. The van der Waals surface area contributed by atoms with Crippen LogP contribution in [0.15, 0.2) is 30.3 Å². The van der Waals surface area contributed by atoms with Crippen LogP contribution < -0.4 is 0 Å². The maximum atomic E-state index is 10.7. The summed E-state index contributed by atoms with van der Waals surface area (Å²) < 4.78 is 11.1. The molecule has 0 N–H and O–H groups in total. The van der Waals surface area contributed by atoms with Gasteiger partial charge in [0.1, 0.15) is 0 Å². The van der Waals surface area contributed by atoms with Gasteiger partial charge in [-0.2, -0.15) is 0 Å². The number of hydrogen-bond acceptors (Lipinski definition) is 3. The van der Waals surface area contributed by atoms with Crippen molar-refractivity contribution in [2.24, 2.45) is 0 Å². The summed E-state index contributed by atoms with van der Waals surface area (Å²) in [5.41, 5.74) is 0.941. The molecule has 0 amide bonds. The molecule has 0 aromatic heterocycles. The van der Waals surface area contributed by atoms with E-state index >= 15 is 0 Å². The SMILES string of the molecule is CC1(C)OC([C-]=O)C(c2ccccc2)O1.[Y]. The number of hydrogen-bond donors (Lipinski definition) is 0. The number of rotatable bonds is 2. The minimum Gasteiger partial charge on any atom is -0.539 e. The van der Waals surface area contributed by atoms with E-state index < -0.39 is 11.9 Å². The molecule has 1 aliphatic rings. The van der Waals surface area contributed by atoms with Crippen molar-refractivity contribution in [2.45, 2.75) is 31.8 Å². The maximum absolute atomic E-state index is 10.7. The van der Waals surface area contributed by atoms with Crippen LogP contribution in [-0.4, -0.2) is 18.2 Å². The fraction of sp³-hybridized carbons (Fsp3) is 0.417. The zero-order valence-electron chi connectivity index (χ0n) is 9.34. The van der Waals surface area contributed by atoms with Gasteiger partial charge in [-0.05, 0) is 25.5 Å². The quantitative estimate of drug-likeness (QED) is 0.783. The van der Waals surface area contributed by atoms with Crippen LogP contribution in [0.25, 0.3) is 0 Å². The maximum Gasteiger partial charge on any atom is 0.161 e. The second-order valence-corrected chi connectivity index (χ2v) is 4.01. The summed E-state index contributed by atoms with van der Waals surface area (Å²) in [4.78, 5) is 10.7. The summed E-state index contributed by atoms with van der Waals surface area (Å²) in [5.74, 6) is -0.720. The van der Waals surface area contributed by atoms with Gasteiger partial charge in [-0.15, -0.1) is 0 Å². The van der Waals surface area contributed by atoms with Gasteiger partial charge in [0.15, 0.2) is 5.79 Å².